The Kier molecular flexibility index (Phi) is 9.10. The first-order valence-corrected chi connectivity index (χ1v) is 15.5. The highest BCUT2D eigenvalue weighted by molar-refractivity contribution is 4.93. The van der Waals surface area contributed by atoms with E-state index in [1.807, 2.05) is 0 Å². The van der Waals surface area contributed by atoms with Crippen molar-refractivity contribution in [3.63, 3.8) is 0 Å². The van der Waals surface area contributed by atoms with Gasteiger partial charge >= 0.3 is 0 Å². The Morgan fingerprint density at radius 2 is 0.970 bits per heavy atom. The van der Waals surface area contributed by atoms with E-state index in [0.717, 1.165) is 48.8 Å². The molecule has 0 radical (unpaired) electrons. The summed E-state index contributed by atoms with van der Waals surface area (Å²) in [4.78, 5) is 3.02. The predicted molar refractivity (Wildman–Crippen MR) is 138 cm³/mol. The van der Waals surface area contributed by atoms with Crippen molar-refractivity contribution in [1.82, 2.24) is 10.2 Å². The summed E-state index contributed by atoms with van der Waals surface area (Å²) in [5.74, 6) is 2.01. The molecular weight excluding hydrogens is 404 g/mol. The van der Waals surface area contributed by atoms with Gasteiger partial charge in [-0.15, -0.1) is 0 Å². The maximum atomic E-state index is 10.4. The molecule has 2 N–H and O–H groups in total. The maximum Gasteiger partial charge on any atom is 0.0555 e. The van der Waals surface area contributed by atoms with Crippen LogP contribution < -0.4 is 5.32 Å². The van der Waals surface area contributed by atoms with Crippen LogP contribution in [-0.2, 0) is 0 Å². The molecule has 0 amide bonds. The van der Waals surface area contributed by atoms with Gasteiger partial charge in [-0.2, -0.15) is 0 Å². The summed E-state index contributed by atoms with van der Waals surface area (Å²) < 4.78 is 0. The van der Waals surface area contributed by atoms with Crippen molar-refractivity contribution in [3.8, 4) is 0 Å². The van der Waals surface area contributed by atoms with E-state index < -0.39 is 0 Å². The zero-order valence-corrected chi connectivity index (χ0v) is 21.6. The van der Waals surface area contributed by atoms with Crippen molar-refractivity contribution in [2.45, 2.75) is 178 Å². The SMILES string of the molecule is OC1CCCC(N(C2CCCCC2)C2CCC(C3CCC(NC4CCCCC4)CC3)CC2)C1. The van der Waals surface area contributed by atoms with E-state index in [0.29, 0.717) is 6.04 Å². The van der Waals surface area contributed by atoms with Crippen LogP contribution in [0.5, 0.6) is 0 Å². The number of hydrogen-bond acceptors (Lipinski definition) is 3. The van der Waals surface area contributed by atoms with Gasteiger partial charge in [-0.25, -0.2) is 0 Å². The smallest absolute Gasteiger partial charge is 0.0555 e. The third-order valence-electron chi connectivity index (χ3n) is 10.7. The molecule has 190 valence electrons. The zero-order valence-electron chi connectivity index (χ0n) is 21.6. The molecule has 5 aliphatic rings. The lowest BCUT2D eigenvalue weighted by molar-refractivity contribution is -0.0162. The van der Waals surface area contributed by atoms with E-state index in [2.05, 4.69) is 10.2 Å². The molecule has 5 rings (SSSR count). The van der Waals surface area contributed by atoms with E-state index >= 15 is 0 Å². The van der Waals surface area contributed by atoms with Crippen molar-refractivity contribution in [2.75, 3.05) is 0 Å². The van der Waals surface area contributed by atoms with Gasteiger partial charge in [0, 0.05) is 30.2 Å². The van der Waals surface area contributed by atoms with Gasteiger partial charge in [0.05, 0.1) is 6.10 Å². The molecule has 0 aromatic heterocycles. The van der Waals surface area contributed by atoms with Crippen LogP contribution in [0.1, 0.15) is 141 Å². The van der Waals surface area contributed by atoms with Gasteiger partial charge in [0.1, 0.15) is 0 Å². The van der Waals surface area contributed by atoms with Gasteiger partial charge < -0.3 is 10.4 Å². The second-order valence-electron chi connectivity index (χ2n) is 12.9. The second-order valence-corrected chi connectivity index (χ2v) is 12.9. The third kappa shape index (κ3) is 6.56. The average Bonchev–Trinajstić information content (AvgIpc) is 2.87. The van der Waals surface area contributed by atoms with Crippen LogP contribution in [0.4, 0.5) is 0 Å². The van der Waals surface area contributed by atoms with Gasteiger partial charge in [0.25, 0.3) is 0 Å². The van der Waals surface area contributed by atoms with Crippen LogP contribution in [-0.4, -0.2) is 46.3 Å². The number of nitrogens with one attached hydrogen (secondary N) is 1. The van der Waals surface area contributed by atoms with Crippen LogP contribution in [0.3, 0.4) is 0 Å². The summed E-state index contributed by atoms with van der Waals surface area (Å²) in [5.41, 5.74) is 0. The molecule has 5 aliphatic carbocycles. The molecule has 2 unspecified atom stereocenters. The third-order valence-corrected chi connectivity index (χ3v) is 10.7. The zero-order chi connectivity index (χ0) is 22.5. The van der Waals surface area contributed by atoms with E-state index in [-0.39, 0.29) is 6.10 Å². The fourth-order valence-electron chi connectivity index (χ4n) is 8.91. The predicted octanol–water partition coefficient (Wildman–Crippen LogP) is 6.96. The summed E-state index contributed by atoms with van der Waals surface area (Å²) in [6.45, 7) is 0. The topological polar surface area (TPSA) is 35.5 Å². The molecule has 3 nitrogen and oxygen atoms in total. The summed E-state index contributed by atoms with van der Waals surface area (Å²) in [7, 11) is 0. The van der Waals surface area contributed by atoms with Crippen LogP contribution in [0, 0.1) is 11.8 Å². The number of hydrogen-bond donors (Lipinski definition) is 2. The lowest BCUT2D eigenvalue weighted by Gasteiger charge is -2.49. The van der Waals surface area contributed by atoms with Crippen LogP contribution >= 0.6 is 0 Å². The average molecular weight is 459 g/mol. The van der Waals surface area contributed by atoms with Crippen molar-refractivity contribution >= 4 is 0 Å². The first kappa shape index (κ1) is 24.6. The highest BCUT2D eigenvalue weighted by atomic mass is 16.3. The fourth-order valence-corrected chi connectivity index (χ4v) is 8.91. The van der Waals surface area contributed by atoms with Crippen LogP contribution in [0.2, 0.25) is 0 Å². The van der Waals surface area contributed by atoms with Crippen LogP contribution in [0.25, 0.3) is 0 Å². The molecule has 5 saturated carbocycles. The maximum absolute atomic E-state index is 10.4. The van der Waals surface area contributed by atoms with E-state index in [4.69, 9.17) is 0 Å². The number of nitrogens with zero attached hydrogens (tertiary/aromatic N) is 1. The minimum absolute atomic E-state index is 0.0383. The van der Waals surface area contributed by atoms with Crippen molar-refractivity contribution < 1.29 is 5.11 Å². The van der Waals surface area contributed by atoms with Gasteiger partial charge in [0.2, 0.25) is 0 Å². The van der Waals surface area contributed by atoms with E-state index in [1.54, 1.807) is 0 Å². The normalized spacial score (nSPS) is 40.2. The quantitative estimate of drug-likeness (QED) is 0.451. The fraction of sp³-hybridized carbons (Fsp3) is 1.00. The van der Waals surface area contributed by atoms with E-state index in [1.165, 1.54) is 128 Å². The largest absolute Gasteiger partial charge is 0.393 e. The molecule has 0 saturated heterocycles. The minimum atomic E-state index is -0.0383. The standard InChI is InChI=1S/C30H54N2O/c33-30-13-7-12-29(22-30)32(27-10-5-2-6-11-27)28-20-16-24(17-21-28)23-14-18-26(19-15-23)31-25-8-3-1-4-9-25/h23-31,33H,1-22H2. The minimum Gasteiger partial charge on any atom is -0.393 e. The highest BCUT2D eigenvalue weighted by Gasteiger charge is 2.39. The molecule has 0 aromatic rings. The van der Waals surface area contributed by atoms with Gasteiger partial charge in [0.15, 0.2) is 0 Å². The second kappa shape index (κ2) is 12.2. The summed E-state index contributed by atoms with van der Waals surface area (Å²) in [5, 5.41) is 14.5. The lowest BCUT2D eigenvalue weighted by Crippen LogP contribution is -2.53. The molecule has 0 bridgehead atoms. The van der Waals surface area contributed by atoms with Crippen molar-refractivity contribution in [2.24, 2.45) is 11.8 Å². The van der Waals surface area contributed by atoms with Gasteiger partial charge in [-0.3, -0.25) is 4.90 Å². The molecule has 0 aliphatic heterocycles. The lowest BCUT2D eigenvalue weighted by atomic mass is 9.70. The monoisotopic (exact) mass is 458 g/mol. The number of aliphatic hydroxyl groups is 1. The summed E-state index contributed by atoms with van der Waals surface area (Å²) in [6, 6.07) is 3.94. The van der Waals surface area contributed by atoms with E-state index in [9.17, 15) is 5.11 Å². The Bertz CT molecular complexity index is 554. The number of aliphatic hydroxyl groups excluding tert-OH is 1. The molecule has 0 spiro atoms. The highest BCUT2D eigenvalue weighted by Crippen LogP contribution is 2.42. The van der Waals surface area contributed by atoms with Crippen molar-refractivity contribution in [3.05, 3.63) is 0 Å². The van der Waals surface area contributed by atoms with Crippen molar-refractivity contribution in [1.29, 1.82) is 0 Å². The summed E-state index contributed by atoms with van der Waals surface area (Å²) >= 11 is 0. The summed E-state index contributed by atoms with van der Waals surface area (Å²) in [6.07, 6.45) is 30.7. The number of rotatable bonds is 6. The Morgan fingerprint density at radius 3 is 1.61 bits per heavy atom. The molecule has 33 heavy (non-hydrogen) atoms. The molecule has 3 heteroatoms. The molecule has 2 atom stereocenters. The van der Waals surface area contributed by atoms with Gasteiger partial charge in [-0.05, 0) is 115 Å². The molecule has 0 heterocycles. The Labute approximate surface area is 204 Å². The molecule has 5 fully saturated rings. The molecular formula is C30H54N2O. The van der Waals surface area contributed by atoms with Gasteiger partial charge in [-0.1, -0.05) is 38.5 Å². The molecule has 0 aromatic carbocycles. The first-order valence-electron chi connectivity index (χ1n) is 15.5. The Morgan fingerprint density at radius 1 is 0.455 bits per heavy atom. The van der Waals surface area contributed by atoms with Crippen LogP contribution in [0.15, 0.2) is 0 Å². The Hall–Kier alpha value is -0.120. The first-order chi connectivity index (χ1) is 16.3. The Balaban J connectivity index is 1.11.